The van der Waals surface area contributed by atoms with Crippen LogP contribution >= 0.6 is 27.3 Å². The highest BCUT2D eigenvalue weighted by atomic mass is 79.9. The zero-order valence-corrected chi connectivity index (χ0v) is 10.2. The van der Waals surface area contributed by atoms with E-state index in [1.54, 1.807) is 11.3 Å². The van der Waals surface area contributed by atoms with Crippen LogP contribution in [0.25, 0.3) is 0 Å². The highest BCUT2D eigenvalue weighted by molar-refractivity contribution is 9.10. The first-order chi connectivity index (χ1) is 6.08. The van der Waals surface area contributed by atoms with Crippen LogP contribution in [0.1, 0.15) is 20.3 Å². The summed E-state index contributed by atoms with van der Waals surface area (Å²) in [5, 5.41) is 6.38. The summed E-state index contributed by atoms with van der Waals surface area (Å²) in [5.41, 5.74) is 0.557. The first kappa shape index (κ1) is 9.46. The highest BCUT2D eigenvalue weighted by Crippen LogP contribution is 2.51. The monoisotopic (exact) mass is 260 g/mol. The van der Waals surface area contributed by atoms with E-state index in [1.165, 1.54) is 6.42 Å². The molecule has 1 fully saturated rings. The third-order valence-corrected chi connectivity index (χ3v) is 4.20. The molecule has 1 aromatic heterocycles. The van der Waals surface area contributed by atoms with Gasteiger partial charge in [0.05, 0.1) is 0 Å². The summed E-state index contributed by atoms with van der Waals surface area (Å²) < 4.78 is 0.926. The molecule has 1 unspecified atom stereocenters. The zero-order valence-electron chi connectivity index (χ0n) is 7.80. The lowest BCUT2D eigenvalue weighted by Crippen LogP contribution is -2.06. The van der Waals surface area contributed by atoms with Gasteiger partial charge in [-0.15, -0.1) is 11.3 Å². The Labute approximate surface area is 90.9 Å². The van der Waals surface area contributed by atoms with Gasteiger partial charge < -0.3 is 5.32 Å². The number of nitrogens with zero attached hydrogens (tertiary/aromatic N) is 1. The Morgan fingerprint density at radius 1 is 1.77 bits per heavy atom. The number of nitrogens with one attached hydrogen (secondary N) is 1. The minimum Gasteiger partial charge on any atom is -0.361 e. The molecule has 72 valence electrons. The number of hydrogen-bond donors (Lipinski definition) is 1. The average molecular weight is 261 g/mol. The Kier molecular flexibility index (Phi) is 2.36. The lowest BCUT2D eigenvalue weighted by molar-refractivity contribution is 0.573. The van der Waals surface area contributed by atoms with Crippen LogP contribution in [0.4, 0.5) is 5.13 Å². The van der Waals surface area contributed by atoms with Crippen LogP contribution in [0, 0.1) is 11.3 Å². The molecule has 1 aliphatic rings. The summed E-state index contributed by atoms with van der Waals surface area (Å²) >= 11 is 4.99. The average Bonchev–Trinajstić information content (AvgIpc) is 2.45. The maximum Gasteiger partial charge on any atom is 0.183 e. The van der Waals surface area contributed by atoms with Crippen molar-refractivity contribution in [1.29, 1.82) is 0 Å². The molecule has 4 heteroatoms. The van der Waals surface area contributed by atoms with Crippen molar-refractivity contribution in [2.24, 2.45) is 11.3 Å². The third-order valence-electron chi connectivity index (χ3n) is 2.69. The number of hydrogen-bond acceptors (Lipinski definition) is 3. The summed E-state index contributed by atoms with van der Waals surface area (Å²) in [6.07, 6.45) is 1.34. The molecule has 1 atom stereocenters. The SMILES string of the molecule is CC1(C)CC1CNc1nc(Br)cs1. The molecule has 0 bridgehead atoms. The second kappa shape index (κ2) is 3.24. The van der Waals surface area contributed by atoms with E-state index in [0.717, 1.165) is 22.2 Å². The van der Waals surface area contributed by atoms with Crippen molar-refractivity contribution in [3.63, 3.8) is 0 Å². The lowest BCUT2D eigenvalue weighted by Gasteiger charge is -2.03. The molecule has 0 radical (unpaired) electrons. The van der Waals surface area contributed by atoms with E-state index in [9.17, 15) is 0 Å². The van der Waals surface area contributed by atoms with Gasteiger partial charge in [0.2, 0.25) is 0 Å². The smallest absolute Gasteiger partial charge is 0.183 e. The fourth-order valence-corrected chi connectivity index (χ4v) is 2.62. The van der Waals surface area contributed by atoms with E-state index in [1.807, 2.05) is 5.38 Å². The maximum absolute atomic E-state index is 4.28. The molecule has 2 rings (SSSR count). The van der Waals surface area contributed by atoms with Crippen LogP contribution in [0.5, 0.6) is 0 Å². The van der Waals surface area contributed by atoms with E-state index in [0.29, 0.717) is 5.41 Å². The molecule has 0 aliphatic heterocycles. The van der Waals surface area contributed by atoms with Gasteiger partial charge in [0.25, 0.3) is 0 Å². The van der Waals surface area contributed by atoms with Crippen LogP contribution in [-0.2, 0) is 0 Å². The van der Waals surface area contributed by atoms with Crippen molar-refractivity contribution in [3.05, 3.63) is 9.98 Å². The van der Waals surface area contributed by atoms with Gasteiger partial charge >= 0.3 is 0 Å². The van der Waals surface area contributed by atoms with Crippen molar-refractivity contribution in [2.75, 3.05) is 11.9 Å². The minimum atomic E-state index is 0.557. The Morgan fingerprint density at radius 3 is 2.92 bits per heavy atom. The van der Waals surface area contributed by atoms with Crippen molar-refractivity contribution in [3.8, 4) is 0 Å². The number of aromatic nitrogens is 1. The molecule has 1 saturated carbocycles. The second-order valence-electron chi connectivity index (χ2n) is 4.25. The summed E-state index contributed by atoms with van der Waals surface area (Å²) in [6.45, 7) is 5.70. The number of halogens is 1. The molecule has 1 aromatic rings. The van der Waals surface area contributed by atoms with Crippen LogP contribution in [0.3, 0.4) is 0 Å². The van der Waals surface area contributed by atoms with Gasteiger partial charge in [-0.25, -0.2) is 4.98 Å². The van der Waals surface area contributed by atoms with E-state index >= 15 is 0 Å². The topological polar surface area (TPSA) is 24.9 Å². The molecule has 0 spiro atoms. The fourth-order valence-electron chi connectivity index (χ4n) is 1.47. The van der Waals surface area contributed by atoms with Gasteiger partial charge in [-0.3, -0.25) is 0 Å². The van der Waals surface area contributed by atoms with Crippen LogP contribution in [0.2, 0.25) is 0 Å². The molecule has 1 aliphatic carbocycles. The number of rotatable bonds is 3. The molecular formula is C9H13BrN2S. The van der Waals surface area contributed by atoms with E-state index in [-0.39, 0.29) is 0 Å². The zero-order chi connectivity index (χ0) is 9.47. The summed E-state index contributed by atoms with van der Waals surface area (Å²) in [7, 11) is 0. The van der Waals surface area contributed by atoms with Crippen molar-refractivity contribution in [1.82, 2.24) is 4.98 Å². The summed E-state index contributed by atoms with van der Waals surface area (Å²) in [6, 6.07) is 0. The Bertz CT molecular complexity index is 308. The van der Waals surface area contributed by atoms with Crippen molar-refractivity contribution >= 4 is 32.4 Å². The van der Waals surface area contributed by atoms with Gasteiger partial charge in [-0.1, -0.05) is 13.8 Å². The molecule has 2 nitrogen and oxygen atoms in total. The molecule has 1 heterocycles. The normalized spacial score (nSPS) is 24.4. The second-order valence-corrected chi connectivity index (χ2v) is 5.92. The van der Waals surface area contributed by atoms with E-state index in [4.69, 9.17) is 0 Å². The van der Waals surface area contributed by atoms with Gasteiger partial charge in [-0.05, 0) is 33.7 Å². The predicted octanol–water partition coefficient (Wildman–Crippen LogP) is 3.36. The third kappa shape index (κ3) is 2.23. The Morgan fingerprint density at radius 2 is 2.46 bits per heavy atom. The van der Waals surface area contributed by atoms with Crippen molar-refractivity contribution in [2.45, 2.75) is 20.3 Å². The molecule has 13 heavy (non-hydrogen) atoms. The van der Waals surface area contributed by atoms with Gasteiger partial charge in [0, 0.05) is 11.9 Å². The first-order valence-electron chi connectivity index (χ1n) is 4.43. The quantitative estimate of drug-likeness (QED) is 0.902. The highest BCUT2D eigenvalue weighted by Gasteiger charge is 2.44. The van der Waals surface area contributed by atoms with Gasteiger partial charge in [0.1, 0.15) is 4.60 Å². The largest absolute Gasteiger partial charge is 0.361 e. The molecule has 0 aromatic carbocycles. The first-order valence-corrected chi connectivity index (χ1v) is 6.10. The Hall–Kier alpha value is -0.0900. The molecular weight excluding hydrogens is 248 g/mol. The van der Waals surface area contributed by atoms with E-state index < -0.39 is 0 Å². The Balaban J connectivity index is 1.81. The number of anilines is 1. The fraction of sp³-hybridized carbons (Fsp3) is 0.667. The van der Waals surface area contributed by atoms with Crippen molar-refractivity contribution < 1.29 is 0 Å². The van der Waals surface area contributed by atoms with Crippen LogP contribution in [-0.4, -0.2) is 11.5 Å². The summed E-state index contributed by atoms with van der Waals surface area (Å²) in [5.74, 6) is 0.829. The van der Waals surface area contributed by atoms with E-state index in [2.05, 4.69) is 40.1 Å². The number of thiazole rings is 1. The molecule has 1 N–H and O–H groups in total. The lowest BCUT2D eigenvalue weighted by atomic mass is 10.1. The standard InChI is InChI=1S/C9H13BrN2S/c1-9(2)3-6(9)4-11-8-12-7(10)5-13-8/h5-6H,3-4H2,1-2H3,(H,11,12). The summed E-state index contributed by atoms with van der Waals surface area (Å²) in [4.78, 5) is 4.28. The van der Waals surface area contributed by atoms with Crippen LogP contribution < -0.4 is 5.32 Å². The van der Waals surface area contributed by atoms with Gasteiger partial charge in [0.15, 0.2) is 5.13 Å². The van der Waals surface area contributed by atoms with Crippen LogP contribution in [0.15, 0.2) is 9.98 Å². The predicted molar refractivity (Wildman–Crippen MR) is 60.2 cm³/mol. The maximum atomic E-state index is 4.28. The molecule has 0 amide bonds. The van der Waals surface area contributed by atoms with Gasteiger partial charge in [-0.2, -0.15) is 0 Å². The minimum absolute atomic E-state index is 0.557. The molecule has 0 saturated heterocycles.